The van der Waals surface area contributed by atoms with E-state index < -0.39 is 0 Å². The largest absolute Gasteiger partial charge is 0.504 e. The maximum atomic E-state index is 10.5. The maximum Gasteiger partial charge on any atom is 0.166 e. The number of halogens is 1. The summed E-state index contributed by atoms with van der Waals surface area (Å²) in [6.45, 7) is 5.75. The van der Waals surface area contributed by atoms with Gasteiger partial charge in [-0.25, -0.2) is 9.97 Å². The number of aryl methyl sites for hydroxylation is 1. The number of rotatable bonds is 2. The zero-order valence-corrected chi connectivity index (χ0v) is 16.0. The van der Waals surface area contributed by atoms with Crippen molar-refractivity contribution in [2.24, 2.45) is 0 Å². The van der Waals surface area contributed by atoms with Crippen LogP contribution in [0.5, 0.6) is 11.5 Å². The lowest BCUT2D eigenvalue weighted by Gasteiger charge is -2.23. The highest BCUT2D eigenvalue weighted by atomic mass is 35.5. The Morgan fingerprint density at radius 1 is 1.11 bits per heavy atom. The third kappa shape index (κ3) is 3.43. The van der Waals surface area contributed by atoms with Crippen molar-refractivity contribution in [3.05, 3.63) is 64.6 Å². The molecule has 4 rings (SSSR count). The number of nitrogens with zero attached hydrogens (tertiary/aromatic N) is 3. The lowest BCUT2D eigenvalue weighted by molar-refractivity contribution is 0.311. The number of phenolic OH excluding ortho intramolecular Hbond substituents is 1. The standard InChI is InChI=1S/C21H20ClN3O2/c1-13-14(2)23-12-24-21(13)25-6-7-27-20-17(11-25)8-16(10-19(20)26)15-4-3-5-18(22)9-15/h3-5,8-10,12,26H,6-7,11H2,1-2H3. The monoisotopic (exact) mass is 381 g/mol. The van der Waals surface area contributed by atoms with Gasteiger partial charge in [0.15, 0.2) is 11.5 Å². The molecule has 6 heteroatoms. The second kappa shape index (κ2) is 7.08. The fourth-order valence-electron chi connectivity index (χ4n) is 3.36. The van der Waals surface area contributed by atoms with Crippen LogP contribution in [0.1, 0.15) is 16.8 Å². The van der Waals surface area contributed by atoms with E-state index in [0.29, 0.717) is 30.5 Å². The molecule has 27 heavy (non-hydrogen) atoms. The van der Waals surface area contributed by atoms with Crippen LogP contribution in [-0.2, 0) is 6.54 Å². The van der Waals surface area contributed by atoms with Crippen LogP contribution >= 0.6 is 11.6 Å². The molecule has 1 N–H and O–H groups in total. The molecule has 1 aliphatic rings. The van der Waals surface area contributed by atoms with Crippen LogP contribution in [0.25, 0.3) is 11.1 Å². The van der Waals surface area contributed by atoms with Gasteiger partial charge in [0.25, 0.3) is 0 Å². The van der Waals surface area contributed by atoms with Crippen LogP contribution in [-0.4, -0.2) is 28.2 Å². The third-order valence-electron chi connectivity index (χ3n) is 4.88. The summed E-state index contributed by atoms with van der Waals surface area (Å²) in [4.78, 5) is 10.9. The Hall–Kier alpha value is -2.79. The van der Waals surface area contributed by atoms with Crippen LogP contribution in [0.2, 0.25) is 5.02 Å². The molecule has 0 bridgehead atoms. The predicted octanol–water partition coefficient (Wildman–Crippen LogP) is 4.52. The van der Waals surface area contributed by atoms with Crippen molar-refractivity contribution in [1.29, 1.82) is 0 Å². The van der Waals surface area contributed by atoms with Gasteiger partial charge in [-0.1, -0.05) is 23.7 Å². The summed E-state index contributed by atoms with van der Waals surface area (Å²) in [5, 5.41) is 11.2. The molecule has 1 aromatic heterocycles. The van der Waals surface area contributed by atoms with Gasteiger partial charge in [-0.3, -0.25) is 0 Å². The minimum atomic E-state index is 0.139. The first-order valence-electron chi connectivity index (χ1n) is 8.80. The molecule has 0 fully saturated rings. The average molecular weight is 382 g/mol. The third-order valence-corrected chi connectivity index (χ3v) is 5.12. The number of hydrogen-bond acceptors (Lipinski definition) is 5. The number of aromatic hydroxyl groups is 1. The minimum absolute atomic E-state index is 0.139. The van der Waals surface area contributed by atoms with Crippen molar-refractivity contribution in [3.8, 4) is 22.6 Å². The summed E-state index contributed by atoms with van der Waals surface area (Å²) in [6.07, 6.45) is 1.59. The van der Waals surface area contributed by atoms with Crippen LogP contribution in [0.15, 0.2) is 42.7 Å². The smallest absolute Gasteiger partial charge is 0.166 e. The first kappa shape index (κ1) is 17.6. The zero-order chi connectivity index (χ0) is 19.0. The number of aromatic nitrogens is 2. The molecule has 0 radical (unpaired) electrons. The molecule has 1 aliphatic heterocycles. The Kier molecular flexibility index (Phi) is 4.62. The molecule has 0 spiro atoms. The Bertz CT molecular complexity index is 1010. The number of hydrogen-bond donors (Lipinski definition) is 1. The Balaban J connectivity index is 1.76. The Labute approximate surface area is 163 Å². The first-order valence-corrected chi connectivity index (χ1v) is 9.18. The number of fused-ring (bicyclic) bond motifs is 1. The van der Waals surface area contributed by atoms with Crippen molar-refractivity contribution in [2.75, 3.05) is 18.1 Å². The first-order chi connectivity index (χ1) is 13.0. The molecule has 0 unspecified atom stereocenters. The summed E-state index contributed by atoms with van der Waals surface area (Å²) in [5.74, 6) is 1.57. The van der Waals surface area contributed by atoms with Gasteiger partial charge in [0.2, 0.25) is 0 Å². The molecule has 0 amide bonds. The fourth-order valence-corrected chi connectivity index (χ4v) is 3.55. The van der Waals surface area contributed by atoms with Gasteiger partial charge in [-0.05, 0) is 49.2 Å². The van der Waals surface area contributed by atoms with E-state index in [0.717, 1.165) is 33.8 Å². The summed E-state index contributed by atoms with van der Waals surface area (Å²) < 4.78 is 5.85. The second-order valence-corrected chi connectivity index (χ2v) is 7.11. The quantitative estimate of drug-likeness (QED) is 0.707. The molecule has 2 heterocycles. The highest BCUT2D eigenvalue weighted by Gasteiger charge is 2.22. The lowest BCUT2D eigenvalue weighted by Crippen LogP contribution is -2.27. The van der Waals surface area contributed by atoms with Crippen molar-refractivity contribution in [2.45, 2.75) is 20.4 Å². The predicted molar refractivity (Wildman–Crippen MR) is 107 cm³/mol. The molecular formula is C21H20ClN3O2. The summed E-state index contributed by atoms with van der Waals surface area (Å²) in [6, 6.07) is 11.4. The molecule has 138 valence electrons. The van der Waals surface area contributed by atoms with E-state index in [2.05, 4.69) is 14.9 Å². The lowest BCUT2D eigenvalue weighted by atomic mass is 10.0. The highest BCUT2D eigenvalue weighted by molar-refractivity contribution is 6.30. The molecule has 3 aromatic rings. The van der Waals surface area contributed by atoms with Gasteiger partial charge < -0.3 is 14.7 Å². The molecule has 0 atom stereocenters. The normalized spacial score (nSPS) is 13.7. The van der Waals surface area contributed by atoms with Crippen molar-refractivity contribution in [3.63, 3.8) is 0 Å². The summed E-state index contributed by atoms with van der Waals surface area (Å²) >= 11 is 6.13. The van der Waals surface area contributed by atoms with Crippen molar-refractivity contribution >= 4 is 17.4 Å². The Morgan fingerprint density at radius 3 is 2.78 bits per heavy atom. The minimum Gasteiger partial charge on any atom is -0.504 e. The number of anilines is 1. The van der Waals surface area contributed by atoms with E-state index in [9.17, 15) is 5.11 Å². The molecule has 2 aromatic carbocycles. The van der Waals surface area contributed by atoms with Crippen LogP contribution in [0.4, 0.5) is 5.82 Å². The highest BCUT2D eigenvalue weighted by Crippen LogP contribution is 2.38. The van der Waals surface area contributed by atoms with Crippen LogP contribution < -0.4 is 9.64 Å². The molecule has 0 saturated carbocycles. The number of phenols is 1. The van der Waals surface area contributed by atoms with Crippen LogP contribution in [0, 0.1) is 13.8 Å². The van der Waals surface area contributed by atoms with Crippen LogP contribution in [0.3, 0.4) is 0 Å². The van der Waals surface area contributed by atoms with Crippen molar-refractivity contribution < 1.29 is 9.84 Å². The molecule has 5 nitrogen and oxygen atoms in total. The van der Waals surface area contributed by atoms with E-state index in [4.69, 9.17) is 16.3 Å². The molecular weight excluding hydrogens is 362 g/mol. The second-order valence-electron chi connectivity index (χ2n) is 6.67. The van der Waals surface area contributed by atoms with Gasteiger partial charge in [0.1, 0.15) is 18.8 Å². The topological polar surface area (TPSA) is 58.5 Å². The van der Waals surface area contributed by atoms with Gasteiger partial charge in [-0.15, -0.1) is 0 Å². The van der Waals surface area contributed by atoms with Crippen molar-refractivity contribution in [1.82, 2.24) is 9.97 Å². The van der Waals surface area contributed by atoms with E-state index in [1.54, 1.807) is 12.4 Å². The maximum absolute atomic E-state index is 10.5. The molecule has 0 aliphatic carbocycles. The zero-order valence-electron chi connectivity index (χ0n) is 15.2. The van der Waals surface area contributed by atoms with E-state index in [1.165, 1.54) is 0 Å². The molecule has 0 saturated heterocycles. The van der Waals surface area contributed by atoms with E-state index >= 15 is 0 Å². The van der Waals surface area contributed by atoms with Gasteiger partial charge in [-0.2, -0.15) is 0 Å². The van der Waals surface area contributed by atoms with Gasteiger partial charge in [0.05, 0.1) is 6.54 Å². The van der Waals surface area contributed by atoms with E-state index in [-0.39, 0.29) is 5.75 Å². The SMILES string of the molecule is Cc1ncnc(N2CCOc3c(O)cc(-c4cccc(Cl)c4)cc3C2)c1C. The number of ether oxygens (including phenoxy) is 1. The summed E-state index contributed by atoms with van der Waals surface area (Å²) in [7, 11) is 0. The Morgan fingerprint density at radius 2 is 1.96 bits per heavy atom. The number of benzene rings is 2. The van der Waals surface area contributed by atoms with Gasteiger partial charge in [0, 0.05) is 28.4 Å². The van der Waals surface area contributed by atoms with Gasteiger partial charge >= 0.3 is 0 Å². The summed E-state index contributed by atoms with van der Waals surface area (Å²) in [5.41, 5.74) is 4.77. The van der Waals surface area contributed by atoms with E-state index in [1.807, 2.05) is 44.2 Å². The average Bonchev–Trinajstić information content (AvgIpc) is 2.87. The fraction of sp³-hybridized carbons (Fsp3) is 0.238.